The van der Waals surface area contributed by atoms with Crippen LogP contribution in [-0.4, -0.2) is 27.5 Å². The molecule has 594 valence electrons. The number of anilines is 6. The molecule has 1 fully saturated rings. The van der Waals surface area contributed by atoms with E-state index in [-0.39, 0.29) is 18.3 Å². The van der Waals surface area contributed by atoms with Gasteiger partial charge in [0, 0.05) is 91.1 Å². The van der Waals surface area contributed by atoms with Gasteiger partial charge < -0.3 is 28.2 Å². The second-order valence-corrected chi connectivity index (χ2v) is 35.7. The minimum atomic E-state index is -0.377. The highest BCUT2D eigenvalue weighted by Crippen LogP contribution is 2.47. The highest BCUT2D eigenvalue weighted by atomic mass is 79.9. The Morgan fingerprint density at radius 2 is 0.516 bits per heavy atom. The molecule has 4 aromatic heterocycles. The van der Waals surface area contributed by atoms with Crippen LogP contribution in [-0.2, 0) is 9.31 Å². The van der Waals surface area contributed by atoms with Crippen LogP contribution in [0.5, 0.6) is 0 Å². The van der Waals surface area contributed by atoms with Crippen LogP contribution in [0.4, 0.5) is 34.1 Å². The minimum Gasteiger partial charge on any atom is -0.399 e. The van der Waals surface area contributed by atoms with Gasteiger partial charge in [0.15, 0.2) is 0 Å². The summed E-state index contributed by atoms with van der Waals surface area (Å²) in [4.78, 5) is 4.63. The molecule has 0 aliphatic carbocycles. The van der Waals surface area contributed by atoms with Crippen LogP contribution in [0.15, 0.2) is 441 Å². The van der Waals surface area contributed by atoms with Crippen molar-refractivity contribution < 1.29 is 9.31 Å². The molecule has 1 saturated heterocycles. The van der Waals surface area contributed by atoms with Crippen LogP contribution >= 0.6 is 38.6 Å². The topological polar surface area (TPSA) is 34.8 Å². The number of fused-ring (bicyclic) bond motifs is 12. The van der Waals surface area contributed by atoms with Crippen molar-refractivity contribution in [3.8, 4) is 67.0 Å². The molecule has 5 heterocycles. The average molecular weight is 1700 g/mol. The lowest BCUT2D eigenvalue weighted by Gasteiger charge is -2.32. The summed E-state index contributed by atoms with van der Waals surface area (Å²) in [6, 6.07) is 157. The van der Waals surface area contributed by atoms with Gasteiger partial charge in [0.2, 0.25) is 0 Å². The molecule has 1 aliphatic heterocycles. The highest BCUT2D eigenvalue weighted by molar-refractivity contribution is 9.10. The third-order valence-corrected chi connectivity index (χ3v) is 27.6. The lowest BCUT2D eigenvalue weighted by molar-refractivity contribution is 0.00578. The number of thiophene rings is 2. The van der Waals surface area contributed by atoms with E-state index in [2.05, 4.69) is 487 Å². The summed E-state index contributed by atoms with van der Waals surface area (Å²) in [5, 5.41) is 10.2. The summed E-state index contributed by atoms with van der Waals surface area (Å²) in [5.74, 6) is 0. The fourth-order valence-corrected chi connectivity index (χ4v) is 20.3. The molecule has 0 spiro atoms. The predicted octanol–water partition coefficient (Wildman–Crippen LogP) is 32.3. The summed E-state index contributed by atoms with van der Waals surface area (Å²) < 4.78 is 23.9. The highest BCUT2D eigenvalue weighted by Gasteiger charge is 2.52. The normalized spacial score (nSPS) is 12.9. The molecule has 0 radical (unpaired) electrons. The fraction of sp³-hybridized carbons (Fsp3) is 0.0526. The zero-order chi connectivity index (χ0) is 83.4. The summed E-state index contributed by atoms with van der Waals surface area (Å²) >= 11 is 7.30. The molecule has 23 rings (SSSR count). The zero-order valence-corrected chi connectivity index (χ0v) is 72.2. The van der Waals surface area contributed by atoms with Gasteiger partial charge in [0.05, 0.1) is 54.0 Å². The lowest BCUT2D eigenvalue weighted by atomic mass is 9.78. The van der Waals surface area contributed by atoms with Crippen molar-refractivity contribution in [2.75, 3.05) is 9.80 Å². The van der Waals surface area contributed by atoms with E-state index in [9.17, 15) is 0 Å². The van der Waals surface area contributed by atoms with Crippen LogP contribution in [0.1, 0.15) is 27.7 Å². The van der Waals surface area contributed by atoms with Gasteiger partial charge >= 0.3 is 7.12 Å². The van der Waals surface area contributed by atoms with Gasteiger partial charge in [-0.25, -0.2) is 0 Å². The van der Waals surface area contributed by atoms with Gasteiger partial charge in [-0.1, -0.05) is 313 Å². The van der Waals surface area contributed by atoms with Crippen molar-refractivity contribution >= 4 is 169 Å². The van der Waals surface area contributed by atoms with Gasteiger partial charge in [-0.2, -0.15) is 0 Å². The molecule has 0 unspecified atom stereocenters. The lowest BCUT2D eigenvalue weighted by Crippen LogP contribution is -2.41. The maximum atomic E-state index is 6.37. The Kier molecular flexibility index (Phi) is 20.5. The van der Waals surface area contributed by atoms with Crippen molar-refractivity contribution in [2.45, 2.75) is 38.9 Å². The molecule has 0 atom stereocenters. The van der Waals surface area contributed by atoms with Gasteiger partial charge in [-0.15, -0.1) is 22.7 Å². The Bertz CT molecular complexity index is 7460. The number of hydrogen-bond donors (Lipinski definition) is 0. The van der Waals surface area contributed by atoms with Crippen LogP contribution in [0.2, 0.25) is 0 Å². The number of benzene rings is 18. The molecule has 124 heavy (non-hydrogen) atoms. The molecule has 18 aromatic carbocycles. The van der Waals surface area contributed by atoms with Gasteiger partial charge in [-0.05, 0) is 228 Å². The van der Waals surface area contributed by atoms with E-state index in [1.165, 1.54) is 151 Å². The van der Waals surface area contributed by atoms with E-state index in [1.54, 1.807) is 0 Å². The summed E-state index contributed by atoms with van der Waals surface area (Å²) in [6.07, 6.45) is 0. The summed E-state index contributed by atoms with van der Waals surface area (Å²) in [6.45, 7) is 8.40. The minimum absolute atomic E-state index is 0.364. The van der Waals surface area contributed by atoms with Gasteiger partial charge in [0.25, 0.3) is 0 Å². The Hall–Kier alpha value is -13.9. The average Bonchev–Trinajstić information content (AvgIpc) is 1.57. The molecule has 6 nitrogen and oxygen atoms in total. The SMILES string of the molecule is Brc1ccc(N(c2ccc(-c3ccccc3)cc2)c2ccc(-c3ccccc3)cc2)cc1.CC1(C)OB(c2ccc3c(c2)c2ccccc2n3-c2cccc3c2sc2ccccc23)OC1(C)C.c1ccc(-c2ccc(N(c3ccc(-c4ccccc4)cc3)c3ccc(-c4ccc5c(c4)c4ccccc4n5-c4cccc5c4sc4ccccc45)cc3)cc2)cc1. The molecular weight excluding hydrogens is 1610 g/mol. The van der Waals surface area contributed by atoms with E-state index in [4.69, 9.17) is 9.31 Å². The second kappa shape index (κ2) is 32.8. The molecular formula is C114H84BBrN4O2S2. The Balaban J connectivity index is 0.000000121. The van der Waals surface area contributed by atoms with Crippen molar-refractivity contribution in [2.24, 2.45) is 0 Å². The van der Waals surface area contributed by atoms with E-state index >= 15 is 0 Å². The van der Waals surface area contributed by atoms with E-state index in [1.807, 2.05) is 34.8 Å². The first-order chi connectivity index (χ1) is 60.9. The van der Waals surface area contributed by atoms with E-state index in [0.717, 1.165) is 44.1 Å². The molecule has 0 amide bonds. The first-order valence-electron chi connectivity index (χ1n) is 42.2. The Labute approximate surface area is 738 Å². The molecule has 0 N–H and O–H groups in total. The Morgan fingerprint density at radius 3 is 0.887 bits per heavy atom. The third kappa shape index (κ3) is 14.6. The largest absolute Gasteiger partial charge is 0.494 e. The number of nitrogens with zero attached hydrogens (tertiary/aromatic N) is 4. The van der Waals surface area contributed by atoms with Crippen LogP contribution in [0.25, 0.3) is 151 Å². The zero-order valence-electron chi connectivity index (χ0n) is 68.9. The van der Waals surface area contributed by atoms with Gasteiger partial charge in [-0.3, -0.25) is 0 Å². The van der Waals surface area contributed by atoms with Crippen LogP contribution in [0.3, 0.4) is 0 Å². The fourth-order valence-electron chi connectivity index (χ4n) is 17.6. The van der Waals surface area contributed by atoms with Crippen molar-refractivity contribution in [1.82, 2.24) is 9.13 Å². The standard InChI is InChI=1S/C54H36N2S.C30H26BNO2S.C30H22BrN/c1-3-12-37(13-4-1)39-22-29-43(30-23-39)55(44-31-24-40(25-32-44)38-14-5-2-6-15-38)45-33-26-41(27-34-45)42-28-35-51-49(36-42)46-16-7-9-19-50(46)56(51)52-20-11-18-48-47-17-8-10-21-53(47)57-54(48)52;1-29(2)30(3,4)34-31(33-29)19-16-17-25-23(18-19)20-10-5-7-13-24(20)32(25)26-14-9-12-22-21-11-6-8-15-27(21)35-28(22)26;31-27-15-21-30(22-16-27)32(28-17-11-25(12-18-28)23-7-3-1-4-8-23)29-19-13-26(14-20-29)24-9-5-2-6-10-24/h1-36H;5-18H,1-4H3;1-22H. The van der Waals surface area contributed by atoms with Crippen molar-refractivity contribution in [3.63, 3.8) is 0 Å². The van der Waals surface area contributed by atoms with E-state index in [0.29, 0.717) is 0 Å². The number of hydrogen-bond acceptors (Lipinski definition) is 6. The van der Waals surface area contributed by atoms with Crippen molar-refractivity contribution in [3.05, 3.63) is 441 Å². The van der Waals surface area contributed by atoms with Crippen LogP contribution < -0.4 is 15.3 Å². The maximum absolute atomic E-state index is 6.37. The van der Waals surface area contributed by atoms with Crippen molar-refractivity contribution in [1.29, 1.82) is 0 Å². The summed E-state index contributed by atoms with van der Waals surface area (Å²) in [5.41, 5.74) is 26.4. The maximum Gasteiger partial charge on any atom is 0.494 e. The second-order valence-electron chi connectivity index (χ2n) is 32.7. The number of aromatic nitrogens is 2. The van der Waals surface area contributed by atoms with Gasteiger partial charge in [0.1, 0.15) is 0 Å². The number of rotatable bonds is 14. The van der Waals surface area contributed by atoms with E-state index < -0.39 is 0 Å². The number of halogens is 1. The number of para-hydroxylation sites is 2. The quantitative estimate of drug-likeness (QED) is 0.102. The smallest absolute Gasteiger partial charge is 0.399 e. The first kappa shape index (κ1) is 77.4. The van der Waals surface area contributed by atoms with Crippen LogP contribution in [0, 0.1) is 0 Å². The Morgan fingerprint density at radius 1 is 0.242 bits per heavy atom. The first-order valence-corrected chi connectivity index (χ1v) is 44.6. The molecule has 0 bridgehead atoms. The molecule has 22 aromatic rings. The molecule has 1 aliphatic rings. The monoisotopic (exact) mass is 1690 g/mol. The summed E-state index contributed by atoms with van der Waals surface area (Å²) in [7, 11) is -0.377. The third-order valence-electron chi connectivity index (χ3n) is 24.6. The molecule has 10 heteroatoms. The predicted molar refractivity (Wildman–Crippen MR) is 534 cm³/mol. The molecule has 0 saturated carbocycles.